The van der Waals surface area contributed by atoms with Crippen LogP contribution < -0.4 is 5.32 Å². The van der Waals surface area contributed by atoms with Gasteiger partial charge >= 0.3 is 28.5 Å². The average Bonchev–Trinajstić information content (AvgIpc) is 3.06. The Labute approximate surface area is 225 Å². The minimum absolute atomic E-state index is 0.0292. The second-order valence-corrected chi connectivity index (χ2v) is 12.9. The van der Waals surface area contributed by atoms with Crippen LogP contribution in [0.2, 0.25) is 0 Å². The van der Waals surface area contributed by atoms with Crippen LogP contribution in [0.3, 0.4) is 0 Å². The Balaban J connectivity index is 1.84. The minimum Gasteiger partial charge on any atom is -0.466 e. The highest BCUT2D eigenvalue weighted by atomic mass is 33.1. The molecule has 2 saturated heterocycles. The molecule has 2 rings (SSSR count). The van der Waals surface area contributed by atoms with Gasteiger partial charge in [0.15, 0.2) is 0 Å². The first kappa shape index (κ1) is 31.5. The molecule has 2 fully saturated rings. The average molecular weight is 586 g/mol. The number of imide groups is 1. The predicted molar refractivity (Wildman–Crippen MR) is 136 cm³/mol. The maximum absolute atomic E-state index is 12.8. The predicted octanol–water partition coefficient (Wildman–Crippen LogP) is 2.47. The van der Waals surface area contributed by atoms with E-state index >= 15 is 0 Å². The second-order valence-electron chi connectivity index (χ2n) is 8.98. The van der Waals surface area contributed by atoms with E-state index in [2.05, 4.69) is 12.2 Å². The van der Waals surface area contributed by atoms with Gasteiger partial charge in [0.05, 0.1) is 24.7 Å². The van der Waals surface area contributed by atoms with Crippen molar-refractivity contribution in [2.24, 2.45) is 5.41 Å². The summed E-state index contributed by atoms with van der Waals surface area (Å²) in [4.78, 5) is 50.5. The van der Waals surface area contributed by atoms with E-state index in [0.717, 1.165) is 23.5 Å². The third-order valence-electron chi connectivity index (χ3n) is 5.48. The number of carbonyl (C=O) groups excluding carboxylic acids is 4. The van der Waals surface area contributed by atoms with Crippen molar-refractivity contribution in [3.8, 4) is 0 Å². The molecule has 2 heterocycles. The molecule has 0 aromatic heterocycles. The minimum atomic E-state index is -4.70. The number of fused-ring (bicyclic) bond motifs is 2. The van der Waals surface area contributed by atoms with Crippen molar-refractivity contribution < 1.29 is 45.5 Å². The van der Waals surface area contributed by atoms with Gasteiger partial charge in [-0.1, -0.05) is 34.9 Å². The molecule has 212 valence electrons. The van der Waals surface area contributed by atoms with Gasteiger partial charge in [0.2, 0.25) is 0 Å². The number of amides is 4. The fourth-order valence-corrected chi connectivity index (χ4v) is 6.36. The van der Waals surface area contributed by atoms with E-state index < -0.39 is 58.5 Å². The molecule has 37 heavy (non-hydrogen) atoms. The summed E-state index contributed by atoms with van der Waals surface area (Å²) in [5.74, 6) is 0.212. The van der Waals surface area contributed by atoms with Crippen LogP contribution in [0, 0.1) is 5.41 Å². The maximum atomic E-state index is 12.8. The van der Waals surface area contributed by atoms with Crippen LogP contribution in [0.25, 0.3) is 0 Å². The number of alkyl carbamates (subject to hydrolysis) is 1. The molecule has 16 heteroatoms. The smallest absolute Gasteiger partial charge is 0.421 e. The lowest BCUT2D eigenvalue weighted by Gasteiger charge is -2.28. The molecule has 0 aromatic carbocycles. The molecule has 13 nitrogen and oxygen atoms in total. The largest absolute Gasteiger partial charge is 0.466 e. The van der Waals surface area contributed by atoms with Crippen LogP contribution in [0.5, 0.6) is 0 Å². The summed E-state index contributed by atoms with van der Waals surface area (Å²) in [6.07, 6.45) is 1.76. The number of carbonyl (C=O) groups is 4. The van der Waals surface area contributed by atoms with E-state index in [0.29, 0.717) is 10.8 Å². The molecule has 0 aromatic rings. The number of ether oxygens (including phenoxy) is 2. The van der Waals surface area contributed by atoms with Crippen molar-refractivity contribution in [3.05, 3.63) is 0 Å². The summed E-state index contributed by atoms with van der Waals surface area (Å²) in [6, 6.07) is -2.48. The van der Waals surface area contributed by atoms with Gasteiger partial charge in [-0.25, -0.2) is 13.8 Å². The molecular weight excluding hydrogens is 550 g/mol. The second kappa shape index (κ2) is 14.4. The summed E-state index contributed by atoms with van der Waals surface area (Å²) in [7, 11) is -1.44. The number of piperidine rings is 1. The Bertz CT molecular complexity index is 931. The van der Waals surface area contributed by atoms with Gasteiger partial charge in [-0.3, -0.25) is 14.9 Å². The third-order valence-corrected chi connectivity index (χ3v) is 8.68. The van der Waals surface area contributed by atoms with E-state index in [4.69, 9.17) is 17.9 Å². The number of urea groups is 1. The number of hydrogen-bond donors (Lipinski definition) is 1. The highest BCUT2D eigenvalue weighted by Crippen LogP contribution is 2.31. The Kier molecular flexibility index (Phi) is 12.3. The van der Waals surface area contributed by atoms with Crippen molar-refractivity contribution in [1.82, 2.24) is 15.3 Å². The van der Waals surface area contributed by atoms with Gasteiger partial charge in [-0.05, 0) is 40.0 Å². The summed E-state index contributed by atoms with van der Waals surface area (Å²) < 4.78 is 44.3. The van der Waals surface area contributed by atoms with E-state index in [-0.39, 0.29) is 32.6 Å². The Hall–Kier alpha value is -1.75. The lowest BCUT2D eigenvalue weighted by Crippen LogP contribution is -2.51. The molecule has 2 bridgehead atoms. The molecule has 2 aliphatic rings. The van der Waals surface area contributed by atoms with Crippen molar-refractivity contribution in [3.63, 3.8) is 0 Å². The molecule has 2 aliphatic heterocycles. The summed E-state index contributed by atoms with van der Waals surface area (Å²) in [5.41, 5.74) is -1.27. The number of rotatable bonds is 15. The Morgan fingerprint density at radius 1 is 1.11 bits per heavy atom. The van der Waals surface area contributed by atoms with E-state index in [1.165, 1.54) is 13.8 Å². The van der Waals surface area contributed by atoms with Crippen molar-refractivity contribution in [1.29, 1.82) is 0 Å². The van der Waals surface area contributed by atoms with Crippen molar-refractivity contribution in [2.45, 2.75) is 65.5 Å². The Morgan fingerprint density at radius 2 is 1.81 bits per heavy atom. The Morgan fingerprint density at radius 3 is 2.49 bits per heavy atom. The van der Waals surface area contributed by atoms with Gasteiger partial charge < -0.3 is 14.4 Å². The highest BCUT2D eigenvalue weighted by molar-refractivity contribution is 8.76. The van der Waals surface area contributed by atoms with Crippen LogP contribution >= 0.6 is 21.6 Å². The first-order chi connectivity index (χ1) is 17.4. The topological polar surface area (TPSA) is 158 Å². The summed E-state index contributed by atoms with van der Waals surface area (Å²) >= 11 is 0. The first-order valence-corrected chi connectivity index (χ1v) is 15.8. The highest BCUT2D eigenvalue weighted by Gasteiger charge is 2.50. The lowest BCUT2D eigenvalue weighted by atomic mass is 9.95. The summed E-state index contributed by atoms with van der Waals surface area (Å²) in [6.45, 7) is 6.33. The monoisotopic (exact) mass is 585 g/mol. The SMILES string of the molecule is CCCCSSCCOC(=O)NC(=O)[C@@H]1CC[C@@H]2CN1C(=O)N2OS(=O)(=O)OCC(C)(C)C(=O)OCC. The van der Waals surface area contributed by atoms with Gasteiger partial charge in [0.25, 0.3) is 5.91 Å². The zero-order chi connectivity index (χ0) is 27.6. The third kappa shape index (κ3) is 9.50. The standard InChI is InChI=1S/C21H35N3O10S3/c1-5-7-11-35-36-12-10-32-19(27)22-17(25)16-9-8-15-13-23(16)20(28)24(15)34-37(29,30)33-14-21(3,4)18(26)31-6-2/h15-16H,5-14H2,1-4H3,(H,22,25,27)/t15-,16+/m1/s1. The first-order valence-electron chi connectivity index (χ1n) is 12.0. The zero-order valence-corrected chi connectivity index (χ0v) is 23.9. The quantitative estimate of drug-likeness (QED) is 0.170. The normalized spacial score (nSPS) is 19.6. The van der Waals surface area contributed by atoms with Gasteiger partial charge in [-0.15, -0.1) is 4.28 Å². The molecular formula is C21H35N3O10S3. The van der Waals surface area contributed by atoms with E-state index in [9.17, 15) is 27.6 Å². The molecule has 0 unspecified atom stereocenters. The molecule has 1 N–H and O–H groups in total. The van der Waals surface area contributed by atoms with E-state index in [1.807, 2.05) is 0 Å². The van der Waals surface area contributed by atoms with Gasteiger partial charge in [-0.2, -0.15) is 13.5 Å². The zero-order valence-electron chi connectivity index (χ0n) is 21.4. The van der Waals surface area contributed by atoms with Crippen LogP contribution in [0.4, 0.5) is 9.59 Å². The van der Waals surface area contributed by atoms with Gasteiger partial charge in [0.1, 0.15) is 12.6 Å². The number of hydroxylamine groups is 2. The fraction of sp³-hybridized carbons (Fsp3) is 0.810. The molecule has 0 spiro atoms. The van der Waals surface area contributed by atoms with Crippen molar-refractivity contribution in [2.75, 3.05) is 37.9 Å². The number of hydrogen-bond acceptors (Lipinski definition) is 12. The molecule has 0 radical (unpaired) electrons. The number of nitrogens with one attached hydrogen (secondary N) is 1. The molecule has 4 amide bonds. The fourth-order valence-electron chi connectivity index (χ4n) is 3.44. The van der Waals surface area contributed by atoms with Crippen LogP contribution in [0.15, 0.2) is 0 Å². The van der Waals surface area contributed by atoms with E-state index in [1.54, 1.807) is 28.5 Å². The maximum Gasteiger partial charge on any atom is 0.421 e. The molecule has 0 saturated carbocycles. The molecule has 0 aliphatic carbocycles. The number of unbranched alkanes of at least 4 members (excludes halogenated alkanes) is 1. The van der Waals surface area contributed by atoms with Gasteiger partial charge in [0, 0.05) is 18.1 Å². The van der Waals surface area contributed by atoms with Crippen LogP contribution in [-0.2, 0) is 37.9 Å². The number of esters is 1. The lowest BCUT2D eigenvalue weighted by molar-refractivity contribution is -0.155. The van der Waals surface area contributed by atoms with Crippen molar-refractivity contribution >= 4 is 56.0 Å². The summed E-state index contributed by atoms with van der Waals surface area (Å²) in [5, 5.41) is 2.77. The van der Waals surface area contributed by atoms with Crippen LogP contribution in [-0.4, -0.2) is 92.3 Å². The number of nitrogens with zero attached hydrogens (tertiary/aromatic N) is 2. The molecule has 2 atom stereocenters. The van der Waals surface area contributed by atoms with Crippen LogP contribution in [0.1, 0.15) is 53.4 Å².